The zero-order chi connectivity index (χ0) is 26.0. The summed E-state index contributed by atoms with van der Waals surface area (Å²) >= 11 is 0. The van der Waals surface area contributed by atoms with Crippen molar-refractivity contribution in [1.82, 2.24) is 14.8 Å². The summed E-state index contributed by atoms with van der Waals surface area (Å²) in [5.41, 5.74) is 5.14. The fourth-order valence-electron chi connectivity index (χ4n) is 4.24. The van der Waals surface area contributed by atoms with Crippen LogP contribution in [0, 0.1) is 6.92 Å². The van der Waals surface area contributed by atoms with E-state index in [0.717, 1.165) is 22.0 Å². The molecule has 3 amide bonds. The molecule has 37 heavy (non-hydrogen) atoms. The Bertz CT molecular complexity index is 1300. The zero-order valence-corrected chi connectivity index (χ0v) is 21.4. The molecule has 0 atom stereocenters. The second-order valence-electron chi connectivity index (χ2n) is 9.12. The lowest BCUT2D eigenvalue weighted by atomic mass is 10.1. The highest BCUT2D eigenvalue weighted by Crippen LogP contribution is 2.19. The van der Waals surface area contributed by atoms with Gasteiger partial charge in [0.05, 0.1) is 6.61 Å². The van der Waals surface area contributed by atoms with Crippen LogP contribution in [0.15, 0.2) is 85.1 Å². The van der Waals surface area contributed by atoms with Crippen LogP contribution in [-0.2, 0) is 22.5 Å². The smallest absolute Gasteiger partial charge is 0.322 e. The third-order valence-corrected chi connectivity index (χ3v) is 6.38. The van der Waals surface area contributed by atoms with Gasteiger partial charge in [-0.3, -0.25) is 4.79 Å². The molecule has 0 radical (unpaired) electrons. The Balaban J connectivity index is 1.50. The van der Waals surface area contributed by atoms with Gasteiger partial charge in [-0.15, -0.1) is 0 Å². The number of aryl methyl sites for hydroxylation is 1. The van der Waals surface area contributed by atoms with Gasteiger partial charge in [-0.1, -0.05) is 66.2 Å². The van der Waals surface area contributed by atoms with E-state index in [2.05, 4.69) is 28.5 Å². The maximum atomic E-state index is 13.6. The number of anilines is 1. The molecule has 1 heterocycles. The molecule has 1 aromatic heterocycles. The molecule has 7 nitrogen and oxygen atoms in total. The molecule has 0 aliphatic rings. The first kappa shape index (κ1) is 26.0. The van der Waals surface area contributed by atoms with Gasteiger partial charge in [0.1, 0.15) is 6.54 Å². The number of para-hydroxylation sites is 2. The van der Waals surface area contributed by atoms with E-state index in [-0.39, 0.29) is 18.5 Å². The number of aromatic nitrogens is 1. The molecule has 0 fully saturated rings. The van der Waals surface area contributed by atoms with E-state index >= 15 is 0 Å². The average molecular weight is 499 g/mol. The third kappa shape index (κ3) is 7.21. The lowest BCUT2D eigenvalue weighted by Gasteiger charge is -2.28. The monoisotopic (exact) mass is 498 g/mol. The van der Waals surface area contributed by atoms with Gasteiger partial charge in [0.2, 0.25) is 5.91 Å². The van der Waals surface area contributed by atoms with Gasteiger partial charge in [-0.05, 0) is 42.7 Å². The van der Waals surface area contributed by atoms with Crippen molar-refractivity contribution in [1.29, 1.82) is 0 Å². The first-order valence-corrected chi connectivity index (χ1v) is 12.5. The molecule has 192 valence electrons. The Labute approximate surface area is 218 Å². The van der Waals surface area contributed by atoms with Gasteiger partial charge in [0.15, 0.2) is 0 Å². The summed E-state index contributed by atoms with van der Waals surface area (Å²) in [7, 11) is 1.58. The first-order valence-electron chi connectivity index (χ1n) is 12.5. The minimum Gasteiger partial charge on any atom is -0.383 e. The molecule has 0 bridgehead atoms. The SMILES string of the molecule is COCCN(CC(=O)N(CCc1c[nH]c2ccccc12)Cc1ccc(C)cc1)C(=O)Nc1ccccc1. The summed E-state index contributed by atoms with van der Waals surface area (Å²) in [6.07, 6.45) is 2.72. The molecular formula is C30H34N4O3. The average Bonchev–Trinajstić information content (AvgIpc) is 3.33. The van der Waals surface area contributed by atoms with Crippen LogP contribution < -0.4 is 5.32 Å². The normalized spacial score (nSPS) is 10.9. The van der Waals surface area contributed by atoms with Gasteiger partial charge >= 0.3 is 6.03 Å². The van der Waals surface area contributed by atoms with Gasteiger partial charge in [-0.25, -0.2) is 4.79 Å². The van der Waals surface area contributed by atoms with E-state index in [1.807, 2.05) is 78.7 Å². The minimum absolute atomic E-state index is 0.0399. The summed E-state index contributed by atoms with van der Waals surface area (Å²) in [4.78, 5) is 33.3. The highest BCUT2D eigenvalue weighted by atomic mass is 16.5. The fourth-order valence-corrected chi connectivity index (χ4v) is 4.24. The highest BCUT2D eigenvalue weighted by molar-refractivity contribution is 5.92. The minimum atomic E-state index is -0.330. The molecule has 4 aromatic rings. The van der Waals surface area contributed by atoms with Crippen LogP contribution >= 0.6 is 0 Å². The number of hydrogen-bond donors (Lipinski definition) is 2. The number of H-pyrrole nitrogens is 1. The van der Waals surface area contributed by atoms with Crippen LogP contribution in [0.5, 0.6) is 0 Å². The van der Waals surface area contributed by atoms with Crippen LogP contribution in [0.4, 0.5) is 10.5 Å². The predicted molar refractivity (Wildman–Crippen MR) is 148 cm³/mol. The van der Waals surface area contributed by atoms with Crippen LogP contribution in [0.2, 0.25) is 0 Å². The Morgan fingerprint density at radius 2 is 1.62 bits per heavy atom. The van der Waals surface area contributed by atoms with Crippen molar-refractivity contribution in [3.8, 4) is 0 Å². The van der Waals surface area contributed by atoms with Crippen LogP contribution in [0.1, 0.15) is 16.7 Å². The van der Waals surface area contributed by atoms with Crippen molar-refractivity contribution < 1.29 is 14.3 Å². The Hall–Kier alpha value is -4.10. The standard InChI is InChI=1S/C30H34N4O3/c1-23-12-14-24(15-13-23)21-33(17-16-25-20-31-28-11-7-6-10-27(25)28)29(35)22-34(18-19-37-2)30(36)32-26-8-4-3-5-9-26/h3-15,20,31H,16-19,21-22H2,1-2H3,(H,32,36). The number of nitrogens with one attached hydrogen (secondary N) is 2. The number of carbonyl (C=O) groups excluding carboxylic acids is 2. The maximum absolute atomic E-state index is 13.6. The van der Waals surface area contributed by atoms with Crippen molar-refractivity contribution >= 4 is 28.5 Å². The molecule has 2 N–H and O–H groups in total. The fraction of sp³-hybridized carbons (Fsp3) is 0.267. The van der Waals surface area contributed by atoms with Crippen molar-refractivity contribution in [2.24, 2.45) is 0 Å². The van der Waals surface area contributed by atoms with E-state index in [0.29, 0.717) is 38.3 Å². The van der Waals surface area contributed by atoms with E-state index in [1.54, 1.807) is 7.11 Å². The lowest BCUT2D eigenvalue weighted by Crippen LogP contribution is -2.46. The summed E-state index contributed by atoms with van der Waals surface area (Å²) < 4.78 is 5.21. The lowest BCUT2D eigenvalue weighted by molar-refractivity contribution is -0.132. The van der Waals surface area contributed by atoms with Crippen molar-refractivity contribution in [3.63, 3.8) is 0 Å². The number of rotatable bonds is 11. The van der Waals surface area contributed by atoms with Gasteiger partial charge in [0.25, 0.3) is 0 Å². The van der Waals surface area contributed by atoms with E-state index < -0.39 is 0 Å². The third-order valence-electron chi connectivity index (χ3n) is 6.38. The van der Waals surface area contributed by atoms with E-state index in [9.17, 15) is 9.59 Å². The van der Waals surface area contributed by atoms with Crippen molar-refractivity contribution in [3.05, 3.63) is 102 Å². The summed E-state index contributed by atoms with van der Waals surface area (Å²) in [5, 5.41) is 4.04. The molecule has 0 unspecified atom stereocenters. The molecule has 0 saturated carbocycles. The van der Waals surface area contributed by atoms with Crippen LogP contribution in [0.25, 0.3) is 10.9 Å². The second kappa shape index (κ2) is 12.7. The van der Waals surface area contributed by atoms with Gasteiger partial charge in [0, 0.05) is 49.5 Å². The number of ether oxygens (including phenoxy) is 1. The van der Waals surface area contributed by atoms with Crippen LogP contribution in [0.3, 0.4) is 0 Å². The molecule has 0 saturated heterocycles. The number of fused-ring (bicyclic) bond motifs is 1. The Morgan fingerprint density at radius 1 is 0.892 bits per heavy atom. The number of methoxy groups -OCH3 is 1. The molecule has 0 spiro atoms. The van der Waals surface area contributed by atoms with Crippen molar-refractivity contribution in [2.75, 3.05) is 38.7 Å². The molecule has 7 heteroatoms. The molecule has 0 aliphatic carbocycles. The quantitative estimate of drug-likeness (QED) is 0.297. The Morgan fingerprint density at radius 3 is 2.38 bits per heavy atom. The van der Waals surface area contributed by atoms with E-state index in [1.165, 1.54) is 10.5 Å². The number of nitrogens with zero attached hydrogens (tertiary/aromatic N) is 2. The van der Waals surface area contributed by atoms with Gasteiger partial charge < -0.3 is 24.8 Å². The first-order chi connectivity index (χ1) is 18.0. The topological polar surface area (TPSA) is 77.7 Å². The number of hydrogen-bond acceptors (Lipinski definition) is 3. The predicted octanol–water partition coefficient (Wildman–Crippen LogP) is 5.23. The van der Waals surface area contributed by atoms with Crippen molar-refractivity contribution in [2.45, 2.75) is 19.9 Å². The number of aromatic amines is 1. The molecule has 3 aromatic carbocycles. The summed E-state index contributed by atoms with van der Waals surface area (Å²) in [6, 6.07) is 25.3. The maximum Gasteiger partial charge on any atom is 0.322 e. The zero-order valence-electron chi connectivity index (χ0n) is 21.4. The molecule has 0 aliphatic heterocycles. The number of benzene rings is 3. The van der Waals surface area contributed by atoms with Gasteiger partial charge in [-0.2, -0.15) is 0 Å². The second-order valence-corrected chi connectivity index (χ2v) is 9.12. The number of amides is 3. The number of carbonyl (C=O) groups is 2. The largest absolute Gasteiger partial charge is 0.383 e. The summed E-state index contributed by atoms with van der Waals surface area (Å²) in [5.74, 6) is -0.111. The number of urea groups is 1. The highest BCUT2D eigenvalue weighted by Gasteiger charge is 2.22. The molecular weight excluding hydrogens is 464 g/mol. The Kier molecular flexibility index (Phi) is 8.94. The summed E-state index contributed by atoms with van der Waals surface area (Å²) in [6.45, 7) is 3.65. The van der Waals surface area contributed by atoms with E-state index in [4.69, 9.17) is 4.74 Å². The van der Waals surface area contributed by atoms with Crippen LogP contribution in [-0.4, -0.2) is 60.1 Å². The molecule has 4 rings (SSSR count).